The maximum atomic E-state index is 5.95. The first-order chi connectivity index (χ1) is 15.8. The Morgan fingerprint density at radius 1 is 0.879 bits per heavy atom. The van der Waals surface area contributed by atoms with Gasteiger partial charge in [-0.15, -0.1) is 0 Å². The topological polar surface area (TPSA) is 18.5 Å². The Morgan fingerprint density at radius 2 is 1.39 bits per heavy atom. The highest BCUT2D eigenvalue weighted by molar-refractivity contribution is 5.29. The molecular formula is C31H60O2. The van der Waals surface area contributed by atoms with Crippen molar-refractivity contribution in [3.63, 3.8) is 0 Å². The molecule has 0 bridgehead atoms. The Balaban J connectivity index is 0. The summed E-state index contributed by atoms with van der Waals surface area (Å²) in [5.74, 6) is 2.39. The Hall–Kier alpha value is -1.02. The molecule has 33 heavy (non-hydrogen) atoms. The highest BCUT2D eigenvalue weighted by Gasteiger charge is 2.19. The molecule has 2 rings (SSSR count). The molecule has 1 aromatic rings. The van der Waals surface area contributed by atoms with Crippen LogP contribution in [-0.2, 0) is 4.74 Å². The van der Waals surface area contributed by atoms with Crippen LogP contribution < -0.4 is 4.74 Å². The summed E-state index contributed by atoms with van der Waals surface area (Å²) < 4.78 is 11.8. The zero-order valence-corrected chi connectivity index (χ0v) is 24.4. The summed E-state index contributed by atoms with van der Waals surface area (Å²) in [6.45, 7) is 24.3. The average Bonchev–Trinajstić information content (AvgIpc) is 2.81. The lowest BCUT2D eigenvalue weighted by atomic mass is 9.80. The standard InChI is InChI=1S/C24H40O2.C3H8.2C2H6/c1-6-21(18-24(3,4)5)22-12-14-23(15-13-22)26-19(2)25-17-16-20-10-8-7-9-11-20;1-3-2;2*1-2/h12-15,19-21H,6-11,16-18H2,1-5H3;3H2,1-2H3;2*1-2H3. The molecule has 1 aromatic carbocycles. The minimum absolute atomic E-state index is 0.180. The summed E-state index contributed by atoms with van der Waals surface area (Å²) in [6.07, 6.45) is 11.6. The molecule has 2 unspecified atom stereocenters. The predicted molar refractivity (Wildman–Crippen MR) is 149 cm³/mol. The molecule has 0 radical (unpaired) electrons. The molecule has 2 heteroatoms. The quantitative estimate of drug-likeness (QED) is 0.338. The van der Waals surface area contributed by atoms with Crippen molar-refractivity contribution in [3.8, 4) is 5.75 Å². The van der Waals surface area contributed by atoms with Gasteiger partial charge < -0.3 is 9.47 Å². The molecule has 1 aliphatic carbocycles. The highest BCUT2D eigenvalue weighted by Crippen LogP contribution is 2.34. The minimum atomic E-state index is -0.180. The van der Waals surface area contributed by atoms with Crippen LogP contribution in [0.3, 0.4) is 0 Å². The third-order valence-electron chi connectivity index (χ3n) is 5.61. The third kappa shape index (κ3) is 18.0. The molecule has 0 saturated heterocycles. The molecule has 0 heterocycles. The van der Waals surface area contributed by atoms with Crippen LogP contribution in [0, 0.1) is 11.3 Å². The first-order valence-electron chi connectivity index (χ1n) is 14.2. The Morgan fingerprint density at radius 3 is 1.85 bits per heavy atom. The molecule has 1 aliphatic rings. The van der Waals surface area contributed by atoms with Gasteiger partial charge in [0.15, 0.2) is 6.29 Å². The van der Waals surface area contributed by atoms with Crippen molar-refractivity contribution in [1.29, 1.82) is 0 Å². The van der Waals surface area contributed by atoms with Crippen molar-refractivity contribution in [2.45, 2.75) is 146 Å². The van der Waals surface area contributed by atoms with Gasteiger partial charge in [0.2, 0.25) is 0 Å². The van der Waals surface area contributed by atoms with Crippen LogP contribution in [0.25, 0.3) is 0 Å². The van der Waals surface area contributed by atoms with E-state index in [4.69, 9.17) is 9.47 Å². The van der Waals surface area contributed by atoms with Gasteiger partial charge >= 0.3 is 0 Å². The fourth-order valence-electron chi connectivity index (χ4n) is 4.16. The third-order valence-corrected chi connectivity index (χ3v) is 5.61. The lowest BCUT2D eigenvalue weighted by Crippen LogP contribution is -2.19. The highest BCUT2D eigenvalue weighted by atomic mass is 16.7. The second-order valence-electron chi connectivity index (χ2n) is 10.00. The van der Waals surface area contributed by atoms with E-state index in [1.54, 1.807) is 0 Å². The van der Waals surface area contributed by atoms with Crippen LogP contribution in [-0.4, -0.2) is 12.9 Å². The summed E-state index contributed by atoms with van der Waals surface area (Å²) in [6, 6.07) is 8.65. The van der Waals surface area contributed by atoms with Crippen molar-refractivity contribution in [2.75, 3.05) is 6.61 Å². The van der Waals surface area contributed by atoms with E-state index in [9.17, 15) is 0 Å². The van der Waals surface area contributed by atoms with E-state index in [-0.39, 0.29) is 6.29 Å². The second kappa shape index (κ2) is 21.5. The Labute approximate surface area is 209 Å². The second-order valence-corrected chi connectivity index (χ2v) is 10.00. The normalized spacial score (nSPS) is 15.5. The first-order valence-corrected chi connectivity index (χ1v) is 14.2. The molecule has 0 aromatic heterocycles. The van der Waals surface area contributed by atoms with Crippen LogP contribution in [0.2, 0.25) is 0 Å². The molecule has 2 nitrogen and oxygen atoms in total. The van der Waals surface area contributed by atoms with Gasteiger partial charge in [0.05, 0.1) is 6.61 Å². The van der Waals surface area contributed by atoms with Gasteiger partial charge in [0, 0.05) is 0 Å². The van der Waals surface area contributed by atoms with Gasteiger partial charge in [-0.3, -0.25) is 0 Å². The lowest BCUT2D eigenvalue weighted by molar-refractivity contribution is -0.0711. The predicted octanol–water partition coefficient (Wildman–Crippen LogP) is 10.8. The number of hydrogen-bond acceptors (Lipinski definition) is 2. The fraction of sp³-hybridized carbons (Fsp3) is 0.806. The molecular weight excluding hydrogens is 404 g/mol. The smallest absolute Gasteiger partial charge is 0.196 e. The SMILES string of the molecule is CC.CC.CCC.CCC(CC(C)(C)C)c1ccc(OC(C)OCCC2CCCCC2)cc1. The number of hydrogen-bond donors (Lipinski definition) is 0. The van der Waals surface area contributed by atoms with Crippen LogP contribution in [0.1, 0.15) is 145 Å². The molecule has 0 spiro atoms. The number of ether oxygens (including phenoxy) is 2. The Kier molecular flexibility index (Phi) is 22.3. The Bertz CT molecular complexity index is 509. The van der Waals surface area contributed by atoms with E-state index in [1.165, 1.54) is 63.4 Å². The van der Waals surface area contributed by atoms with Gasteiger partial charge in [0.1, 0.15) is 5.75 Å². The summed E-state index contributed by atoms with van der Waals surface area (Å²) >= 11 is 0. The maximum Gasteiger partial charge on any atom is 0.196 e. The summed E-state index contributed by atoms with van der Waals surface area (Å²) in [5, 5.41) is 0. The van der Waals surface area contributed by atoms with E-state index in [0.29, 0.717) is 11.3 Å². The summed E-state index contributed by atoms with van der Waals surface area (Å²) in [4.78, 5) is 0. The fourth-order valence-corrected chi connectivity index (χ4v) is 4.16. The largest absolute Gasteiger partial charge is 0.465 e. The van der Waals surface area contributed by atoms with E-state index in [1.807, 2.05) is 34.6 Å². The van der Waals surface area contributed by atoms with Gasteiger partial charge in [-0.1, -0.05) is 120 Å². The van der Waals surface area contributed by atoms with Crippen LogP contribution in [0.15, 0.2) is 24.3 Å². The van der Waals surface area contributed by atoms with Crippen molar-refractivity contribution in [2.24, 2.45) is 11.3 Å². The molecule has 0 N–H and O–H groups in total. The van der Waals surface area contributed by atoms with Crippen molar-refractivity contribution < 1.29 is 9.47 Å². The molecule has 1 fully saturated rings. The van der Waals surface area contributed by atoms with Gasteiger partial charge in [0.25, 0.3) is 0 Å². The van der Waals surface area contributed by atoms with Crippen molar-refractivity contribution in [3.05, 3.63) is 29.8 Å². The van der Waals surface area contributed by atoms with E-state index in [2.05, 4.69) is 65.8 Å². The van der Waals surface area contributed by atoms with Gasteiger partial charge in [-0.2, -0.15) is 0 Å². The minimum Gasteiger partial charge on any atom is -0.465 e. The summed E-state index contributed by atoms with van der Waals surface area (Å²) in [5.41, 5.74) is 1.77. The van der Waals surface area contributed by atoms with Gasteiger partial charge in [-0.05, 0) is 61.1 Å². The first kappa shape index (κ1) is 34.1. The van der Waals surface area contributed by atoms with Crippen LogP contribution >= 0.6 is 0 Å². The molecule has 0 aliphatic heterocycles. The maximum absolute atomic E-state index is 5.95. The zero-order chi connectivity index (χ0) is 25.7. The van der Waals surface area contributed by atoms with Crippen LogP contribution in [0.5, 0.6) is 5.75 Å². The van der Waals surface area contributed by atoms with E-state index in [0.717, 1.165) is 18.3 Å². The molecule has 0 amide bonds. The van der Waals surface area contributed by atoms with Crippen molar-refractivity contribution in [1.82, 2.24) is 0 Å². The monoisotopic (exact) mass is 464 g/mol. The lowest BCUT2D eigenvalue weighted by Gasteiger charge is -2.26. The zero-order valence-electron chi connectivity index (χ0n) is 24.4. The van der Waals surface area contributed by atoms with Crippen LogP contribution in [0.4, 0.5) is 0 Å². The van der Waals surface area contributed by atoms with E-state index < -0.39 is 0 Å². The van der Waals surface area contributed by atoms with Gasteiger partial charge in [-0.25, -0.2) is 0 Å². The van der Waals surface area contributed by atoms with Crippen molar-refractivity contribution >= 4 is 0 Å². The molecule has 196 valence electrons. The molecule has 2 atom stereocenters. The molecule has 1 saturated carbocycles. The van der Waals surface area contributed by atoms with E-state index >= 15 is 0 Å². The number of rotatable bonds is 9. The summed E-state index contributed by atoms with van der Waals surface area (Å²) in [7, 11) is 0. The average molecular weight is 465 g/mol. The number of benzene rings is 1.